The summed E-state index contributed by atoms with van der Waals surface area (Å²) in [7, 11) is 3.17. The number of unbranched alkanes of at least 4 members (excludes halogenated alkanes) is 4. The van der Waals surface area contributed by atoms with Crippen LogP contribution in [0.3, 0.4) is 0 Å². The molecule has 0 saturated heterocycles. The van der Waals surface area contributed by atoms with Gasteiger partial charge >= 0.3 is 5.97 Å². The van der Waals surface area contributed by atoms with E-state index < -0.39 is 5.97 Å². The van der Waals surface area contributed by atoms with Gasteiger partial charge in [-0.3, -0.25) is 9.59 Å². The minimum Gasteiger partial charge on any atom is -0.481 e. The van der Waals surface area contributed by atoms with Crippen molar-refractivity contribution < 1.29 is 14.7 Å². The molecular formula is C33H46N2O3S2. The number of thiol groups is 1. The lowest BCUT2D eigenvalue weighted by atomic mass is 9.84. The van der Waals surface area contributed by atoms with E-state index in [9.17, 15) is 9.59 Å². The smallest absolute Gasteiger partial charge is 0.303 e. The molecule has 0 aliphatic heterocycles. The first-order valence-electron chi connectivity index (χ1n) is 14.0. The second-order valence-electron chi connectivity index (χ2n) is 9.04. The van der Waals surface area contributed by atoms with Crippen LogP contribution < -0.4 is 11.1 Å². The number of carboxylic acid groups (broad SMARTS) is 1. The summed E-state index contributed by atoms with van der Waals surface area (Å²) >= 11 is 6.01. The first-order valence-corrected chi connectivity index (χ1v) is 15.6. The summed E-state index contributed by atoms with van der Waals surface area (Å²) < 4.78 is -0.281. The number of carbonyl (C=O) groups is 2. The van der Waals surface area contributed by atoms with Gasteiger partial charge in [-0.15, -0.1) is 11.8 Å². The van der Waals surface area contributed by atoms with Crippen LogP contribution in [0.15, 0.2) is 91.0 Å². The molecule has 0 fully saturated rings. The van der Waals surface area contributed by atoms with Crippen LogP contribution in [0.2, 0.25) is 0 Å². The minimum atomic E-state index is -0.708. The summed E-state index contributed by atoms with van der Waals surface area (Å²) in [6, 6.07) is 32.0. The molecule has 1 amide bonds. The van der Waals surface area contributed by atoms with Gasteiger partial charge in [0.25, 0.3) is 0 Å². The molecule has 3 aromatic carbocycles. The molecule has 0 aliphatic rings. The molecular weight excluding hydrogens is 537 g/mol. The number of carbonyl (C=O) groups excluding carboxylic acids is 1. The fraction of sp³-hybridized carbons (Fsp3) is 0.394. The highest BCUT2D eigenvalue weighted by molar-refractivity contribution is 8.00. The maximum absolute atomic E-state index is 10.7. The van der Waals surface area contributed by atoms with E-state index >= 15 is 0 Å². The van der Waals surface area contributed by atoms with Crippen molar-refractivity contribution >= 4 is 36.3 Å². The highest BCUT2D eigenvalue weighted by Gasteiger charge is 2.36. The predicted molar refractivity (Wildman–Crippen MR) is 174 cm³/mol. The molecule has 0 aromatic heterocycles. The van der Waals surface area contributed by atoms with E-state index in [1.165, 1.54) is 23.7 Å². The van der Waals surface area contributed by atoms with Gasteiger partial charge in [-0.05, 0) is 60.9 Å². The number of amides is 1. The SMILES string of the molecule is CN.CNC(=O)CCCCCS.O=C(O)CCCCCSC(c1ccccc1)(c1ccccc1)c1ccccc1. The number of rotatable bonds is 15. The Morgan fingerprint density at radius 1 is 0.725 bits per heavy atom. The summed E-state index contributed by atoms with van der Waals surface area (Å²) in [6.07, 6.45) is 6.80. The zero-order valence-electron chi connectivity index (χ0n) is 23.9. The third kappa shape index (κ3) is 12.6. The van der Waals surface area contributed by atoms with Crippen LogP contribution >= 0.6 is 24.4 Å². The number of carboxylic acids is 1. The van der Waals surface area contributed by atoms with Crippen molar-refractivity contribution in [2.24, 2.45) is 5.73 Å². The van der Waals surface area contributed by atoms with Crippen LogP contribution in [0.1, 0.15) is 68.1 Å². The largest absolute Gasteiger partial charge is 0.481 e. The highest BCUT2D eigenvalue weighted by atomic mass is 32.2. The van der Waals surface area contributed by atoms with Crippen LogP contribution in [0.5, 0.6) is 0 Å². The summed E-state index contributed by atoms with van der Waals surface area (Å²) in [5.74, 6) is 1.32. The number of nitrogens with one attached hydrogen (secondary N) is 1. The molecule has 7 heteroatoms. The number of hydrogen-bond donors (Lipinski definition) is 4. The van der Waals surface area contributed by atoms with E-state index in [4.69, 9.17) is 5.11 Å². The van der Waals surface area contributed by atoms with E-state index in [1.807, 2.05) is 11.8 Å². The van der Waals surface area contributed by atoms with Crippen LogP contribution in [0, 0.1) is 0 Å². The van der Waals surface area contributed by atoms with Gasteiger partial charge < -0.3 is 16.2 Å². The summed E-state index contributed by atoms with van der Waals surface area (Å²) in [6.45, 7) is 0. The molecule has 0 unspecified atom stereocenters. The van der Waals surface area contributed by atoms with Gasteiger partial charge in [0.15, 0.2) is 0 Å². The van der Waals surface area contributed by atoms with Crippen molar-refractivity contribution in [3.8, 4) is 0 Å². The molecule has 0 atom stereocenters. The number of nitrogens with two attached hydrogens (primary N) is 1. The summed E-state index contributed by atoms with van der Waals surface area (Å²) in [5.41, 5.74) is 8.30. The van der Waals surface area contributed by atoms with Crippen molar-refractivity contribution in [2.45, 2.75) is 56.1 Å². The average Bonchev–Trinajstić information content (AvgIpc) is 3.01. The molecule has 218 valence electrons. The Labute approximate surface area is 250 Å². The van der Waals surface area contributed by atoms with Crippen molar-refractivity contribution in [2.75, 3.05) is 25.6 Å². The lowest BCUT2D eigenvalue weighted by molar-refractivity contribution is -0.137. The Hall–Kier alpha value is -2.74. The van der Waals surface area contributed by atoms with Crippen molar-refractivity contribution in [1.29, 1.82) is 0 Å². The topological polar surface area (TPSA) is 92.4 Å². The molecule has 3 rings (SSSR count). The lowest BCUT2D eigenvalue weighted by Crippen LogP contribution is -2.26. The van der Waals surface area contributed by atoms with Crippen molar-refractivity contribution in [1.82, 2.24) is 5.32 Å². The predicted octanol–water partition coefficient (Wildman–Crippen LogP) is 7.15. The third-order valence-electron chi connectivity index (χ3n) is 6.24. The molecule has 0 aliphatic carbocycles. The highest BCUT2D eigenvalue weighted by Crippen LogP contribution is 2.48. The zero-order chi connectivity index (χ0) is 29.5. The van der Waals surface area contributed by atoms with Gasteiger partial charge in [-0.2, -0.15) is 12.6 Å². The van der Waals surface area contributed by atoms with Gasteiger partial charge in [0, 0.05) is 19.9 Å². The van der Waals surface area contributed by atoms with Crippen LogP contribution in [-0.4, -0.2) is 42.6 Å². The summed E-state index contributed by atoms with van der Waals surface area (Å²) in [4.78, 5) is 21.4. The van der Waals surface area contributed by atoms with Gasteiger partial charge in [0.1, 0.15) is 0 Å². The quantitative estimate of drug-likeness (QED) is 0.0867. The van der Waals surface area contributed by atoms with E-state index in [0.717, 1.165) is 50.0 Å². The number of hydrogen-bond acceptors (Lipinski definition) is 5. The van der Waals surface area contributed by atoms with E-state index in [2.05, 4.69) is 115 Å². The molecule has 0 spiro atoms. The fourth-order valence-electron chi connectivity index (χ4n) is 4.25. The zero-order valence-corrected chi connectivity index (χ0v) is 25.6. The van der Waals surface area contributed by atoms with Crippen molar-refractivity contribution in [3.05, 3.63) is 108 Å². The van der Waals surface area contributed by atoms with E-state index in [0.29, 0.717) is 6.42 Å². The fourth-order valence-corrected chi connectivity index (χ4v) is 6.03. The van der Waals surface area contributed by atoms with Crippen LogP contribution in [0.4, 0.5) is 0 Å². The van der Waals surface area contributed by atoms with Crippen molar-refractivity contribution in [3.63, 3.8) is 0 Å². The Kier molecular flexibility index (Phi) is 19.4. The number of benzene rings is 3. The second-order valence-corrected chi connectivity index (χ2v) is 10.8. The molecule has 0 heterocycles. The maximum Gasteiger partial charge on any atom is 0.303 e. The van der Waals surface area contributed by atoms with Crippen LogP contribution in [-0.2, 0) is 14.3 Å². The Morgan fingerprint density at radius 2 is 1.15 bits per heavy atom. The third-order valence-corrected chi connectivity index (χ3v) is 8.18. The molecule has 5 nitrogen and oxygen atoms in total. The number of thioether (sulfide) groups is 1. The lowest BCUT2D eigenvalue weighted by Gasteiger charge is -2.35. The van der Waals surface area contributed by atoms with Crippen LogP contribution in [0.25, 0.3) is 0 Å². The van der Waals surface area contributed by atoms with E-state index in [-0.39, 0.29) is 17.1 Å². The molecule has 0 bridgehead atoms. The molecule has 0 saturated carbocycles. The van der Waals surface area contributed by atoms with Gasteiger partial charge in [-0.25, -0.2) is 0 Å². The molecule has 0 radical (unpaired) electrons. The van der Waals surface area contributed by atoms with Gasteiger partial charge in [0.2, 0.25) is 5.91 Å². The standard InChI is InChI=1S/C25H26O2S.C7H15NOS.CH5N/c26-24(27)19-11-4-12-20-28-25(21-13-5-1-6-14-21,22-15-7-2-8-16-22)23-17-9-3-10-18-23;1-8-7(9)5-3-2-4-6-10;1-2/h1-3,5-10,13-18H,4,11-12,19-20H2,(H,26,27);10H,2-6H2,1H3,(H,8,9);2H2,1H3. The average molecular weight is 583 g/mol. The maximum atomic E-state index is 10.7. The normalized spacial score (nSPS) is 10.4. The Balaban J connectivity index is 0.000000565. The first-order chi connectivity index (χ1) is 19.5. The Bertz CT molecular complexity index is 954. The second kappa shape index (κ2) is 22.0. The Morgan fingerprint density at radius 3 is 1.55 bits per heavy atom. The minimum absolute atomic E-state index is 0.138. The molecule has 40 heavy (non-hydrogen) atoms. The molecule has 3 aromatic rings. The molecule has 4 N–H and O–H groups in total. The first kappa shape index (κ1) is 35.3. The van der Waals surface area contributed by atoms with E-state index in [1.54, 1.807) is 7.05 Å². The summed E-state index contributed by atoms with van der Waals surface area (Å²) in [5, 5.41) is 11.4. The number of aliphatic carboxylic acids is 1. The van der Waals surface area contributed by atoms with Gasteiger partial charge in [-0.1, -0.05) is 104 Å². The monoisotopic (exact) mass is 582 g/mol. The van der Waals surface area contributed by atoms with Gasteiger partial charge in [0.05, 0.1) is 4.75 Å².